The lowest BCUT2D eigenvalue weighted by Crippen LogP contribution is -2.25. The first kappa shape index (κ1) is 17.5. The number of aromatic nitrogens is 2. The van der Waals surface area contributed by atoms with Crippen LogP contribution in [0.2, 0.25) is 5.02 Å². The summed E-state index contributed by atoms with van der Waals surface area (Å²) < 4.78 is 1.47. The maximum Gasteiger partial charge on any atom is 0.261 e. The zero-order valence-corrected chi connectivity index (χ0v) is 15.1. The maximum atomic E-state index is 12.3. The number of thioether (sulfide) groups is 1. The minimum atomic E-state index is -0.132. The van der Waals surface area contributed by atoms with Crippen molar-refractivity contribution in [3.05, 3.63) is 69.5 Å². The zero-order valence-electron chi connectivity index (χ0n) is 13.5. The second-order valence-electron chi connectivity index (χ2n) is 5.47. The highest BCUT2D eigenvalue weighted by Gasteiger charge is 2.10. The molecule has 0 aliphatic rings. The Morgan fingerprint density at radius 2 is 2.04 bits per heavy atom. The normalized spacial score (nSPS) is 10.8. The molecular weight excluding hydrogens is 358 g/mol. The molecule has 0 aliphatic carbocycles. The van der Waals surface area contributed by atoms with E-state index in [9.17, 15) is 9.59 Å². The van der Waals surface area contributed by atoms with Gasteiger partial charge in [-0.3, -0.25) is 14.2 Å². The Morgan fingerprint density at radius 3 is 2.84 bits per heavy atom. The third-order valence-electron chi connectivity index (χ3n) is 3.65. The minimum Gasteiger partial charge on any atom is -0.351 e. The molecule has 0 unspecified atom stereocenters. The van der Waals surface area contributed by atoms with Crippen LogP contribution in [0.15, 0.2) is 58.5 Å². The number of nitrogens with one attached hydrogen (secondary N) is 1. The van der Waals surface area contributed by atoms with E-state index in [0.29, 0.717) is 27.6 Å². The summed E-state index contributed by atoms with van der Waals surface area (Å²) in [4.78, 5) is 28.9. The topological polar surface area (TPSA) is 64.0 Å². The van der Waals surface area contributed by atoms with Crippen molar-refractivity contribution in [2.45, 2.75) is 11.7 Å². The predicted molar refractivity (Wildman–Crippen MR) is 101 cm³/mol. The summed E-state index contributed by atoms with van der Waals surface area (Å²) in [7, 11) is 1.66. The van der Waals surface area contributed by atoms with E-state index >= 15 is 0 Å². The number of rotatable bonds is 5. The second-order valence-corrected chi connectivity index (χ2v) is 6.85. The lowest BCUT2D eigenvalue weighted by Gasteiger charge is -2.09. The molecule has 0 saturated carbocycles. The third-order valence-corrected chi connectivity index (χ3v) is 4.92. The molecule has 1 N–H and O–H groups in total. The molecule has 0 bridgehead atoms. The van der Waals surface area contributed by atoms with Gasteiger partial charge in [0, 0.05) is 18.6 Å². The Morgan fingerprint density at radius 1 is 1.24 bits per heavy atom. The van der Waals surface area contributed by atoms with E-state index in [1.165, 1.54) is 16.3 Å². The number of hydrogen-bond donors (Lipinski definition) is 1. The Kier molecular flexibility index (Phi) is 5.40. The van der Waals surface area contributed by atoms with Crippen molar-refractivity contribution >= 4 is 40.2 Å². The van der Waals surface area contributed by atoms with Crippen LogP contribution in [0.1, 0.15) is 5.56 Å². The fourth-order valence-electron chi connectivity index (χ4n) is 2.36. The summed E-state index contributed by atoms with van der Waals surface area (Å²) in [6, 6.07) is 14.5. The van der Waals surface area contributed by atoms with Crippen molar-refractivity contribution in [3.8, 4) is 0 Å². The zero-order chi connectivity index (χ0) is 17.8. The van der Waals surface area contributed by atoms with E-state index in [1.807, 2.05) is 30.3 Å². The molecule has 25 heavy (non-hydrogen) atoms. The Hall–Kier alpha value is -2.31. The molecule has 3 aromatic rings. The van der Waals surface area contributed by atoms with Gasteiger partial charge in [-0.1, -0.05) is 47.6 Å². The molecule has 1 heterocycles. The van der Waals surface area contributed by atoms with E-state index in [1.54, 1.807) is 25.2 Å². The van der Waals surface area contributed by atoms with Gasteiger partial charge in [0.25, 0.3) is 5.56 Å². The van der Waals surface area contributed by atoms with Crippen LogP contribution in [-0.2, 0) is 18.4 Å². The molecule has 7 heteroatoms. The van der Waals surface area contributed by atoms with Crippen molar-refractivity contribution in [2.24, 2.45) is 7.05 Å². The maximum absolute atomic E-state index is 12.3. The molecule has 0 radical (unpaired) electrons. The van der Waals surface area contributed by atoms with Crippen molar-refractivity contribution in [3.63, 3.8) is 0 Å². The molecule has 0 spiro atoms. The molecule has 2 aromatic carbocycles. The third kappa shape index (κ3) is 4.21. The molecule has 3 rings (SSSR count). The fourth-order valence-corrected chi connectivity index (χ4v) is 3.37. The standard InChI is InChI=1S/C18H16ClN3O2S/c1-22-17(24)14-7-2-3-8-15(14)21-18(22)25-11-16(23)20-10-12-5-4-6-13(19)9-12/h2-9H,10-11H2,1H3,(H,20,23). The van der Waals surface area contributed by atoms with Crippen LogP contribution in [0.5, 0.6) is 0 Å². The van der Waals surface area contributed by atoms with Gasteiger partial charge in [-0.05, 0) is 29.8 Å². The van der Waals surface area contributed by atoms with Gasteiger partial charge >= 0.3 is 0 Å². The number of carbonyl (C=O) groups is 1. The van der Waals surface area contributed by atoms with Gasteiger partial charge in [-0.25, -0.2) is 4.98 Å². The number of carbonyl (C=O) groups excluding carboxylic acids is 1. The van der Waals surface area contributed by atoms with E-state index in [-0.39, 0.29) is 17.2 Å². The van der Waals surface area contributed by atoms with Crippen LogP contribution in [-0.4, -0.2) is 21.2 Å². The largest absolute Gasteiger partial charge is 0.351 e. The van der Waals surface area contributed by atoms with Crippen LogP contribution < -0.4 is 10.9 Å². The number of benzene rings is 2. The fraction of sp³-hybridized carbons (Fsp3) is 0.167. The molecule has 1 aromatic heterocycles. The lowest BCUT2D eigenvalue weighted by atomic mass is 10.2. The summed E-state index contributed by atoms with van der Waals surface area (Å²) in [6.45, 7) is 0.407. The molecule has 0 atom stereocenters. The average Bonchev–Trinajstić information content (AvgIpc) is 2.62. The SMILES string of the molecule is Cn1c(SCC(=O)NCc2cccc(Cl)c2)nc2ccccc2c1=O. The first-order chi connectivity index (χ1) is 12.0. The monoisotopic (exact) mass is 373 g/mol. The van der Waals surface area contributed by atoms with Gasteiger partial charge in [0.15, 0.2) is 5.16 Å². The van der Waals surface area contributed by atoms with Gasteiger partial charge < -0.3 is 5.32 Å². The summed E-state index contributed by atoms with van der Waals surface area (Å²) in [5, 5.41) is 4.55. The summed E-state index contributed by atoms with van der Waals surface area (Å²) in [5.74, 6) is 0.0477. The van der Waals surface area contributed by atoms with Crippen LogP contribution in [0.25, 0.3) is 10.9 Å². The Labute approximate surface area is 154 Å². The van der Waals surface area contributed by atoms with Crippen molar-refractivity contribution in [1.29, 1.82) is 0 Å². The number of amides is 1. The second kappa shape index (κ2) is 7.72. The molecule has 0 saturated heterocycles. The quantitative estimate of drug-likeness (QED) is 0.551. The summed E-state index contributed by atoms with van der Waals surface area (Å²) in [5.41, 5.74) is 1.45. The van der Waals surface area contributed by atoms with Gasteiger partial charge in [0.1, 0.15) is 0 Å². The predicted octanol–water partition coefficient (Wildman–Crippen LogP) is 3.00. The van der Waals surface area contributed by atoms with E-state index in [0.717, 1.165) is 5.56 Å². The van der Waals surface area contributed by atoms with Gasteiger partial charge in [-0.2, -0.15) is 0 Å². The Bertz CT molecular complexity index is 987. The highest BCUT2D eigenvalue weighted by Crippen LogP contribution is 2.16. The number of hydrogen-bond acceptors (Lipinski definition) is 4. The summed E-state index contributed by atoms with van der Waals surface area (Å²) >= 11 is 7.16. The number of halogens is 1. The highest BCUT2D eigenvalue weighted by atomic mass is 35.5. The molecular formula is C18H16ClN3O2S. The summed E-state index contributed by atoms with van der Waals surface area (Å²) in [6.07, 6.45) is 0. The number of nitrogens with zero attached hydrogens (tertiary/aromatic N) is 2. The van der Waals surface area contributed by atoms with E-state index in [4.69, 9.17) is 11.6 Å². The minimum absolute atomic E-state index is 0.118. The lowest BCUT2D eigenvalue weighted by molar-refractivity contribution is -0.118. The van der Waals surface area contributed by atoms with Crippen LogP contribution in [0.3, 0.4) is 0 Å². The van der Waals surface area contributed by atoms with Crippen molar-refractivity contribution in [1.82, 2.24) is 14.9 Å². The average molecular weight is 374 g/mol. The van der Waals surface area contributed by atoms with Gasteiger partial charge in [-0.15, -0.1) is 0 Å². The van der Waals surface area contributed by atoms with Crippen LogP contribution in [0, 0.1) is 0 Å². The smallest absolute Gasteiger partial charge is 0.261 e. The van der Waals surface area contributed by atoms with E-state index < -0.39 is 0 Å². The highest BCUT2D eigenvalue weighted by molar-refractivity contribution is 7.99. The van der Waals surface area contributed by atoms with Crippen LogP contribution >= 0.6 is 23.4 Å². The van der Waals surface area contributed by atoms with E-state index in [2.05, 4.69) is 10.3 Å². The molecule has 0 aliphatic heterocycles. The van der Waals surface area contributed by atoms with Crippen molar-refractivity contribution < 1.29 is 4.79 Å². The molecule has 1 amide bonds. The number of fused-ring (bicyclic) bond motifs is 1. The molecule has 5 nitrogen and oxygen atoms in total. The van der Waals surface area contributed by atoms with Gasteiger partial charge in [0.2, 0.25) is 5.91 Å². The first-order valence-electron chi connectivity index (χ1n) is 7.64. The van der Waals surface area contributed by atoms with Crippen LogP contribution in [0.4, 0.5) is 0 Å². The first-order valence-corrected chi connectivity index (χ1v) is 9.00. The molecule has 128 valence electrons. The number of para-hydroxylation sites is 1. The van der Waals surface area contributed by atoms with Crippen molar-refractivity contribution in [2.75, 3.05) is 5.75 Å². The molecule has 0 fully saturated rings. The Balaban J connectivity index is 1.65. The van der Waals surface area contributed by atoms with Gasteiger partial charge in [0.05, 0.1) is 16.7 Å².